The first-order chi connectivity index (χ1) is 9.97. The third-order valence-corrected chi connectivity index (χ3v) is 2.44. The van der Waals surface area contributed by atoms with Crippen molar-refractivity contribution in [2.24, 2.45) is 0 Å². The average molecular weight is 308 g/mol. The molecule has 8 heteroatoms. The summed E-state index contributed by atoms with van der Waals surface area (Å²) >= 11 is 5.79. The number of halogens is 2. The van der Waals surface area contributed by atoms with E-state index in [9.17, 15) is 4.39 Å². The number of nitriles is 1. The predicted octanol–water partition coefficient (Wildman–Crippen LogP) is 3.07. The van der Waals surface area contributed by atoms with Gasteiger partial charge in [0.05, 0.1) is 11.7 Å². The van der Waals surface area contributed by atoms with E-state index in [2.05, 4.69) is 20.3 Å². The molecular weight excluding hydrogens is 297 g/mol. The van der Waals surface area contributed by atoms with Crippen LogP contribution in [-0.4, -0.2) is 21.1 Å². The molecule has 1 heterocycles. The van der Waals surface area contributed by atoms with Crippen LogP contribution in [0.4, 0.5) is 16.0 Å². The Kier molecular flexibility index (Phi) is 4.50. The van der Waals surface area contributed by atoms with E-state index in [4.69, 9.17) is 21.6 Å². The molecule has 1 aromatic carbocycles. The first kappa shape index (κ1) is 14.9. The van der Waals surface area contributed by atoms with Crippen molar-refractivity contribution in [2.75, 3.05) is 5.32 Å². The molecule has 2 rings (SSSR count). The van der Waals surface area contributed by atoms with E-state index in [0.717, 1.165) is 0 Å². The van der Waals surface area contributed by atoms with Gasteiger partial charge in [-0.3, -0.25) is 0 Å². The molecule has 0 bridgehead atoms. The Labute approximate surface area is 125 Å². The Morgan fingerprint density at radius 1 is 1.33 bits per heavy atom. The second-order valence-electron chi connectivity index (χ2n) is 4.31. The van der Waals surface area contributed by atoms with Crippen molar-refractivity contribution in [2.45, 2.75) is 20.0 Å². The van der Waals surface area contributed by atoms with Gasteiger partial charge < -0.3 is 10.1 Å². The van der Waals surface area contributed by atoms with Crippen molar-refractivity contribution < 1.29 is 9.13 Å². The van der Waals surface area contributed by atoms with Crippen molar-refractivity contribution in [1.29, 1.82) is 5.26 Å². The van der Waals surface area contributed by atoms with Crippen LogP contribution in [0.3, 0.4) is 0 Å². The normalized spacial score (nSPS) is 10.3. The number of rotatable bonds is 4. The summed E-state index contributed by atoms with van der Waals surface area (Å²) in [6.07, 6.45) is -0.118. The molecule has 1 N–H and O–H groups in total. The van der Waals surface area contributed by atoms with E-state index in [1.165, 1.54) is 18.2 Å². The lowest BCUT2D eigenvalue weighted by Gasteiger charge is -2.10. The molecule has 0 spiro atoms. The topological polar surface area (TPSA) is 83.7 Å². The highest BCUT2D eigenvalue weighted by Gasteiger charge is 2.09. The van der Waals surface area contributed by atoms with Gasteiger partial charge in [-0.1, -0.05) is 0 Å². The number of anilines is 2. The number of ether oxygens (including phenoxy) is 1. The lowest BCUT2D eigenvalue weighted by molar-refractivity contribution is 0.222. The van der Waals surface area contributed by atoms with Gasteiger partial charge in [-0.2, -0.15) is 20.2 Å². The van der Waals surface area contributed by atoms with Crippen LogP contribution in [0.5, 0.6) is 6.01 Å². The number of hydrogen-bond acceptors (Lipinski definition) is 6. The number of nitrogens with zero attached hydrogens (tertiary/aromatic N) is 4. The molecule has 2 aromatic rings. The van der Waals surface area contributed by atoms with Crippen molar-refractivity contribution in [3.8, 4) is 12.1 Å². The molecule has 21 heavy (non-hydrogen) atoms. The standard InChI is InChI=1S/C13H11ClFN5O/c1-7(2)21-13-19-11(14)18-12(20-13)17-9-3-4-10(15)8(5-9)6-16/h3-5,7H,1-2H3,(H,17,18,19,20). The maximum atomic E-state index is 13.2. The summed E-state index contributed by atoms with van der Waals surface area (Å²) < 4.78 is 18.6. The highest BCUT2D eigenvalue weighted by atomic mass is 35.5. The second-order valence-corrected chi connectivity index (χ2v) is 4.65. The van der Waals surface area contributed by atoms with Crippen LogP contribution in [-0.2, 0) is 0 Å². The minimum Gasteiger partial charge on any atom is -0.461 e. The Bertz CT molecular complexity index is 701. The minimum absolute atomic E-state index is 0.0363. The fourth-order valence-corrected chi connectivity index (χ4v) is 1.62. The Morgan fingerprint density at radius 2 is 2.10 bits per heavy atom. The van der Waals surface area contributed by atoms with E-state index < -0.39 is 5.82 Å². The van der Waals surface area contributed by atoms with Crippen LogP contribution in [0.1, 0.15) is 19.4 Å². The van der Waals surface area contributed by atoms with Crippen molar-refractivity contribution >= 4 is 23.2 Å². The van der Waals surface area contributed by atoms with Crippen LogP contribution in [0, 0.1) is 17.1 Å². The van der Waals surface area contributed by atoms with Crippen LogP contribution >= 0.6 is 11.6 Å². The van der Waals surface area contributed by atoms with Gasteiger partial charge in [0.1, 0.15) is 11.9 Å². The summed E-state index contributed by atoms with van der Waals surface area (Å²) in [5.41, 5.74) is 0.365. The van der Waals surface area contributed by atoms with E-state index >= 15 is 0 Å². The van der Waals surface area contributed by atoms with Crippen molar-refractivity contribution in [3.05, 3.63) is 34.9 Å². The number of nitrogens with one attached hydrogen (secondary N) is 1. The number of hydrogen-bond donors (Lipinski definition) is 1. The van der Waals surface area contributed by atoms with Crippen LogP contribution in [0.25, 0.3) is 0 Å². The van der Waals surface area contributed by atoms with Crippen LogP contribution < -0.4 is 10.1 Å². The van der Waals surface area contributed by atoms with Crippen molar-refractivity contribution in [3.63, 3.8) is 0 Å². The smallest absolute Gasteiger partial charge is 0.322 e. The second kappa shape index (κ2) is 6.33. The zero-order valence-electron chi connectivity index (χ0n) is 11.3. The van der Waals surface area contributed by atoms with Gasteiger partial charge in [-0.25, -0.2) is 4.39 Å². The molecule has 0 aliphatic rings. The van der Waals surface area contributed by atoms with Crippen molar-refractivity contribution in [1.82, 2.24) is 15.0 Å². The third kappa shape index (κ3) is 4.00. The maximum absolute atomic E-state index is 13.2. The third-order valence-electron chi connectivity index (χ3n) is 2.27. The van der Waals surface area contributed by atoms with E-state index in [1.807, 2.05) is 13.8 Å². The predicted molar refractivity (Wildman–Crippen MR) is 75.0 cm³/mol. The fraction of sp³-hybridized carbons (Fsp3) is 0.231. The average Bonchev–Trinajstić information content (AvgIpc) is 2.39. The zero-order chi connectivity index (χ0) is 15.4. The van der Waals surface area contributed by atoms with E-state index in [1.54, 1.807) is 6.07 Å². The monoisotopic (exact) mass is 307 g/mol. The fourth-order valence-electron chi connectivity index (χ4n) is 1.47. The quantitative estimate of drug-likeness (QED) is 0.934. The molecule has 0 saturated carbocycles. The summed E-state index contributed by atoms with van der Waals surface area (Å²) in [6.45, 7) is 3.65. The lowest BCUT2D eigenvalue weighted by Crippen LogP contribution is -2.10. The first-order valence-corrected chi connectivity index (χ1v) is 6.40. The van der Waals surface area contributed by atoms with Gasteiger partial charge >= 0.3 is 6.01 Å². The van der Waals surface area contributed by atoms with Crippen LogP contribution in [0.2, 0.25) is 5.28 Å². The molecule has 1 aromatic heterocycles. The highest BCUT2D eigenvalue weighted by Crippen LogP contribution is 2.19. The molecule has 0 unspecified atom stereocenters. The maximum Gasteiger partial charge on any atom is 0.322 e. The highest BCUT2D eigenvalue weighted by molar-refractivity contribution is 6.28. The molecule has 0 amide bonds. The van der Waals surface area contributed by atoms with Gasteiger partial charge in [-0.05, 0) is 43.6 Å². The minimum atomic E-state index is -0.597. The van der Waals surface area contributed by atoms with Gasteiger partial charge in [0, 0.05) is 5.69 Å². The van der Waals surface area contributed by atoms with E-state index in [-0.39, 0.29) is 28.9 Å². The Hall–Kier alpha value is -2.46. The Morgan fingerprint density at radius 3 is 2.76 bits per heavy atom. The van der Waals surface area contributed by atoms with Gasteiger partial charge in [0.2, 0.25) is 11.2 Å². The van der Waals surface area contributed by atoms with Gasteiger partial charge in [-0.15, -0.1) is 0 Å². The molecule has 0 saturated heterocycles. The summed E-state index contributed by atoms with van der Waals surface area (Å²) in [5, 5.41) is 11.6. The first-order valence-electron chi connectivity index (χ1n) is 6.03. The van der Waals surface area contributed by atoms with Gasteiger partial charge in [0.15, 0.2) is 0 Å². The number of aromatic nitrogens is 3. The Balaban J connectivity index is 2.27. The van der Waals surface area contributed by atoms with E-state index in [0.29, 0.717) is 5.69 Å². The summed E-state index contributed by atoms with van der Waals surface area (Å²) in [4.78, 5) is 11.8. The molecule has 108 valence electrons. The molecule has 0 radical (unpaired) electrons. The summed E-state index contributed by atoms with van der Waals surface area (Å²) in [6, 6.07) is 5.80. The SMILES string of the molecule is CC(C)Oc1nc(Cl)nc(Nc2ccc(F)c(C#N)c2)n1. The molecular formula is C13H11ClFN5O. The zero-order valence-corrected chi connectivity index (χ0v) is 12.0. The van der Waals surface area contributed by atoms with Gasteiger partial charge in [0.25, 0.3) is 0 Å². The lowest BCUT2D eigenvalue weighted by atomic mass is 10.2. The summed E-state index contributed by atoms with van der Waals surface area (Å²) in [7, 11) is 0. The molecule has 0 aliphatic carbocycles. The summed E-state index contributed by atoms with van der Waals surface area (Å²) in [5.74, 6) is -0.457. The van der Waals surface area contributed by atoms with Crippen LogP contribution in [0.15, 0.2) is 18.2 Å². The number of benzene rings is 1. The molecule has 0 atom stereocenters. The molecule has 0 fully saturated rings. The largest absolute Gasteiger partial charge is 0.461 e. The molecule has 6 nitrogen and oxygen atoms in total. The molecule has 0 aliphatic heterocycles.